The number of pyridine rings is 1. The third kappa shape index (κ3) is 1.60. The Kier molecular flexibility index (Phi) is 2.01. The lowest BCUT2D eigenvalue weighted by Crippen LogP contribution is -1.86. The van der Waals surface area contributed by atoms with Crippen LogP contribution in [0.1, 0.15) is 5.69 Å². The number of hydrogen-bond donors (Lipinski definition) is 0. The Labute approximate surface area is 97.3 Å². The maximum absolute atomic E-state index is 13.1. The zero-order valence-corrected chi connectivity index (χ0v) is 9.55. The van der Waals surface area contributed by atoms with Gasteiger partial charge in [-0.2, -0.15) is 5.10 Å². The van der Waals surface area contributed by atoms with Crippen molar-refractivity contribution in [1.29, 1.82) is 0 Å². The molecule has 0 aliphatic rings. The maximum Gasteiger partial charge on any atom is 0.139 e. The Hall–Kier alpha value is -2.17. The summed E-state index contributed by atoms with van der Waals surface area (Å²) >= 11 is 0. The Bertz CT molecular complexity index is 696. The number of fused-ring (bicyclic) bond motifs is 1. The highest BCUT2D eigenvalue weighted by atomic mass is 19.1. The lowest BCUT2D eigenvalue weighted by Gasteiger charge is -1.90. The quantitative estimate of drug-likeness (QED) is 0.642. The molecule has 86 valence electrons. The Balaban J connectivity index is 2.21. The molecule has 0 N–H and O–H groups in total. The average Bonchev–Trinajstić information content (AvgIpc) is 2.80. The molecule has 0 saturated carbocycles. The SMILES string of the molecule is Cc1nn(C)cc1-c1cn2cc(F)ccc2n1. The number of hydrogen-bond acceptors (Lipinski definition) is 2. The normalized spacial score (nSPS) is 11.2. The highest BCUT2D eigenvalue weighted by Gasteiger charge is 2.10. The zero-order valence-electron chi connectivity index (χ0n) is 9.55. The van der Waals surface area contributed by atoms with Gasteiger partial charge in [0.2, 0.25) is 0 Å². The second kappa shape index (κ2) is 3.41. The fourth-order valence-electron chi connectivity index (χ4n) is 1.95. The van der Waals surface area contributed by atoms with Crippen LogP contribution in [-0.2, 0) is 7.05 Å². The minimum absolute atomic E-state index is 0.274. The van der Waals surface area contributed by atoms with Gasteiger partial charge in [0.1, 0.15) is 11.5 Å². The van der Waals surface area contributed by atoms with Crippen molar-refractivity contribution in [2.45, 2.75) is 6.92 Å². The van der Waals surface area contributed by atoms with Gasteiger partial charge in [-0.15, -0.1) is 0 Å². The lowest BCUT2D eigenvalue weighted by atomic mass is 10.2. The van der Waals surface area contributed by atoms with Gasteiger partial charge in [0.05, 0.1) is 11.4 Å². The molecular formula is C12H11FN4. The first-order valence-corrected chi connectivity index (χ1v) is 5.28. The van der Waals surface area contributed by atoms with Crippen molar-refractivity contribution in [3.05, 3.63) is 42.2 Å². The van der Waals surface area contributed by atoms with Gasteiger partial charge in [0.15, 0.2) is 0 Å². The monoisotopic (exact) mass is 230 g/mol. The first-order chi connectivity index (χ1) is 8.13. The highest BCUT2D eigenvalue weighted by Crippen LogP contribution is 2.21. The van der Waals surface area contributed by atoms with Crippen LogP contribution in [0.25, 0.3) is 16.9 Å². The van der Waals surface area contributed by atoms with Crippen LogP contribution in [0.5, 0.6) is 0 Å². The van der Waals surface area contributed by atoms with Crippen LogP contribution in [0, 0.1) is 12.7 Å². The van der Waals surface area contributed by atoms with E-state index in [-0.39, 0.29) is 5.82 Å². The molecule has 0 aromatic carbocycles. The Morgan fingerprint density at radius 2 is 2.00 bits per heavy atom. The fourth-order valence-corrected chi connectivity index (χ4v) is 1.95. The topological polar surface area (TPSA) is 35.1 Å². The number of imidazole rings is 1. The van der Waals surface area contributed by atoms with Gasteiger partial charge in [0.25, 0.3) is 0 Å². The molecule has 0 amide bonds. The van der Waals surface area contributed by atoms with Gasteiger partial charge >= 0.3 is 0 Å². The predicted molar refractivity (Wildman–Crippen MR) is 62.1 cm³/mol. The molecule has 0 aliphatic heterocycles. The zero-order chi connectivity index (χ0) is 12.0. The van der Waals surface area contributed by atoms with E-state index in [1.165, 1.54) is 12.3 Å². The summed E-state index contributed by atoms with van der Waals surface area (Å²) < 4.78 is 16.5. The summed E-state index contributed by atoms with van der Waals surface area (Å²) in [6, 6.07) is 3.06. The van der Waals surface area contributed by atoms with Crippen LogP contribution >= 0.6 is 0 Å². The van der Waals surface area contributed by atoms with E-state index in [1.54, 1.807) is 15.1 Å². The molecule has 17 heavy (non-hydrogen) atoms. The largest absolute Gasteiger partial charge is 0.304 e. The minimum Gasteiger partial charge on any atom is -0.304 e. The molecule has 0 atom stereocenters. The summed E-state index contributed by atoms with van der Waals surface area (Å²) in [5, 5.41) is 4.27. The summed E-state index contributed by atoms with van der Waals surface area (Å²) in [6.45, 7) is 1.93. The molecule has 0 unspecified atom stereocenters. The van der Waals surface area contributed by atoms with Crippen LogP contribution in [0.3, 0.4) is 0 Å². The molecule has 4 nitrogen and oxygen atoms in total. The van der Waals surface area contributed by atoms with Crippen LogP contribution in [-0.4, -0.2) is 19.2 Å². The van der Waals surface area contributed by atoms with E-state index in [0.717, 1.165) is 22.6 Å². The van der Waals surface area contributed by atoms with E-state index in [9.17, 15) is 4.39 Å². The Morgan fingerprint density at radius 1 is 1.18 bits per heavy atom. The molecule has 0 bridgehead atoms. The van der Waals surface area contributed by atoms with Crippen molar-refractivity contribution in [2.75, 3.05) is 0 Å². The van der Waals surface area contributed by atoms with Crippen molar-refractivity contribution >= 4 is 5.65 Å². The minimum atomic E-state index is -0.274. The Morgan fingerprint density at radius 3 is 2.71 bits per heavy atom. The molecule has 0 radical (unpaired) electrons. The van der Waals surface area contributed by atoms with E-state index in [2.05, 4.69) is 10.1 Å². The van der Waals surface area contributed by atoms with Gasteiger partial charge in [-0.1, -0.05) is 0 Å². The predicted octanol–water partition coefficient (Wildman–Crippen LogP) is 2.18. The average molecular weight is 230 g/mol. The van der Waals surface area contributed by atoms with Crippen molar-refractivity contribution in [2.24, 2.45) is 7.05 Å². The second-order valence-corrected chi connectivity index (χ2v) is 4.04. The van der Waals surface area contributed by atoms with Gasteiger partial charge in [-0.25, -0.2) is 9.37 Å². The van der Waals surface area contributed by atoms with Crippen molar-refractivity contribution in [1.82, 2.24) is 19.2 Å². The second-order valence-electron chi connectivity index (χ2n) is 4.04. The van der Waals surface area contributed by atoms with Gasteiger partial charge in [-0.3, -0.25) is 4.68 Å². The van der Waals surface area contributed by atoms with E-state index in [0.29, 0.717) is 0 Å². The molecule has 3 aromatic rings. The first-order valence-electron chi connectivity index (χ1n) is 5.28. The number of nitrogens with zero attached hydrogens (tertiary/aromatic N) is 4. The molecule has 0 saturated heterocycles. The summed E-state index contributed by atoms with van der Waals surface area (Å²) in [4.78, 5) is 4.44. The molecule has 3 rings (SSSR count). The molecule has 3 heterocycles. The molecule has 0 spiro atoms. The molecule has 5 heteroatoms. The molecule has 0 fully saturated rings. The summed E-state index contributed by atoms with van der Waals surface area (Å²) in [5.41, 5.74) is 3.42. The van der Waals surface area contributed by atoms with Gasteiger partial charge in [-0.05, 0) is 19.1 Å². The molecular weight excluding hydrogens is 219 g/mol. The van der Waals surface area contributed by atoms with Crippen molar-refractivity contribution < 1.29 is 4.39 Å². The number of aromatic nitrogens is 4. The maximum atomic E-state index is 13.1. The van der Waals surface area contributed by atoms with E-state index in [4.69, 9.17) is 0 Å². The van der Waals surface area contributed by atoms with Gasteiger partial charge < -0.3 is 4.40 Å². The standard InChI is InChI=1S/C12H11FN4/c1-8-10(6-16(2)15-8)11-7-17-5-9(13)3-4-12(17)14-11/h3-7H,1-2H3. The van der Waals surface area contributed by atoms with E-state index >= 15 is 0 Å². The summed E-state index contributed by atoms with van der Waals surface area (Å²) in [7, 11) is 1.87. The van der Waals surface area contributed by atoms with Gasteiger partial charge in [0, 0.05) is 31.2 Å². The highest BCUT2D eigenvalue weighted by molar-refractivity contribution is 5.64. The molecule has 3 aromatic heterocycles. The van der Waals surface area contributed by atoms with E-state index in [1.807, 2.05) is 26.4 Å². The van der Waals surface area contributed by atoms with Crippen LogP contribution in [0.4, 0.5) is 4.39 Å². The van der Waals surface area contributed by atoms with E-state index < -0.39 is 0 Å². The van der Waals surface area contributed by atoms with Crippen LogP contribution in [0.15, 0.2) is 30.7 Å². The van der Waals surface area contributed by atoms with Crippen molar-refractivity contribution in [3.8, 4) is 11.3 Å². The molecule has 0 aliphatic carbocycles. The fraction of sp³-hybridized carbons (Fsp3) is 0.167. The lowest BCUT2D eigenvalue weighted by molar-refractivity contribution is 0.619. The summed E-state index contributed by atoms with van der Waals surface area (Å²) in [5.74, 6) is -0.274. The smallest absolute Gasteiger partial charge is 0.139 e. The number of rotatable bonds is 1. The third-order valence-electron chi connectivity index (χ3n) is 2.70. The van der Waals surface area contributed by atoms with Crippen LogP contribution < -0.4 is 0 Å². The number of halogens is 1. The van der Waals surface area contributed by atoms with Crippen molar-refractivity contribution in [3.63, 3.8) is 0 Å². The summed E-state index contributed by atoms with van der Waals surface area (Å²) in [6.07, 6.45) is 5.13. The van der Waals surface area contributed by atoms with Crippen LogP contribution in [0.2, 0.25) is 0 Å². The first kappa shape index (κ1) is 10.0. The third-order valence-corrected chi connectivity index (χ3v) is 2.70. The number of aryl methyl sites for hydroxylation is 2.